The van der Waals surface area contributed by atoms with Crippen molar-refractivity contribution in [3.63, 3.8) is 0 Å². The van der Waals surface area contributed by atoms with Gasteiger partial charge in [0.2, 0.25) is 10.0 Å². The lowest BCUT2D eigenvalue weighted by atomic mass is 9.97. The van der Waals surface area contributed by atoms with E-state index < -0.39 is 10.0 Å². The molecule has 2 rings (SSSR count). The lowest BCUT2D eigenvalue weighted by molar-refractivity contribution is 0.600. The average molecular weight is 303 g/mol. The third-order valence-electron chi connectivity index (χ3n) is 3.57. The number of anilines is 1. The molecule has 0 radical (unpaired) electrons. The van der Waals surface area contributed by atoms with E-state index in [9.17, 15) is 8.42 Å². The highest BCUT2D eigenvalue weighted by atomic mass is 32.2. The van der Waals surface area contributed by atoms with Crippen LogP contribution in [0.5, 0.6) is 0 Å². The Morgan fingerprint density at radius 3 is 2.29 bits per heavy atom. The molecule has 1 atom stereocenters. The predicted octanol–water partition coefficient (Wildman–Crippen LogP) is 4.14. The van der Waals surface area contributed by atoms with E-state index in [2.05, 4.69) is 18.6 Å². The molecular weight excluding hydrogens is 282 g/mol. The number of sulfonamides is 1. The number of hydrogen-bond acceptors (Lipinski definition) is 2. The average Bonchev–Trinajstić information content (AvgIpc) is 2.47. The van der Waals surface area contributed by atoms with E-state index in [4.69, 9.17) is 0 Å². The van der Waals surface area contributed by atoms with Crippen LogP contribution in [0, 0.1) is 0 Å². The van der Waals surface area contributed by atoms with E-state index in [-0.39, 0.29) is 5.75 Å². The second kappa shape index (κ2) is 6.76. The quantitative estimate of drug-likeness (QED) is 0.871. The molecule has 21 heavy (non-hydrogen) atoms. The Morgan fingerprint density at radius 2 is 1.62 bits per heavy atom. The molecule has 0 heterocycles. The van der Waals surface area contributed by atoms with E-state index >= 15 is 0 Å². The summed E-state index contributed by atoms with van der Waals surface area (Å²) in [5, 5.41) is 0. The van der Waals surface area contributed by atoms with Crippen molar-refractivity contribution in [3.05, 3.63) is 65.7 Å². The minimum absolute atomic E-state index is 0.0112. The third kappa shape index (κ3) is 4.33. The first-order valence-corrected chi connectivity index (χ1v) is 8.80. The van der Waals surface area contributed by atoms with E-state index in [1.54, 1.807) is 0 Å². The van der Waals surface area contributed by atoms with Gasteiger partial charge in [0.05, 0.1) is 11.4 Å². The van der Waals surface area contributed by atoms with Gasteiger partial charge < -0.3 is 0 Å². The van der Waals surface area contributed by atoms with Crippen LogP contribution in [0.4, 0.5) is 5.69 Å². The third-order valence-corrected chi connectivity index (χ3v) is 4.81. The summed E-state index contributed by atoms with van der Waals surface area (Å²) in [5.41, 5.74) is 2.51. The van der Waals surface area contributed by atoms with Crippen LogP contribution >= 0.6 is 0 Å². The summed E-state index contributed by atoms with van der Waals surface area (Å²) in [6.07, 6.45) is 0.970. The smallest absolute Gasteiger partial charge is 0.236 e. The zero-order valence-corrected chi connectivity index (χ0v) is 13.2. The predicted molar refractivity (Wildman–Crippen MR) is 87.8 cm³/mol. The zero-order chi connectivity index (χ0) is 15.3. The standard InChI is InChI=1S/C17H21NO2S/c1-3-14(2)16-11-7-8-12-17(16)18-21(19,20)13-15-9-5-4-6-10-15/h4-12,14,18H,3,13H2,1-2H3/t14-/m1/s1. The number of hydrogen-bond donors (Lipinski definition) is 1. The van der Waals surface area contributed by atoms with Crippen LogP contribution in [-0.2, 0) is 15.8 Å². The maximum Gasteiger partial charge on any atom is 0.236 e. The van der Waals surface area contributed by atoms with Gasteiger partial charge in [-0.15, -0.1) is 0 Å². The van der Waals surface area contributed by atoms with Crippen molar-refractivity contribution >= 4 is 15.7 Å². The van der Waals surface area contributed by atoms with Crippen LogP contribution < -0.4 is 4.72 Å². The molecule has 1 N–H and O–H groups in total. The lowest BCUT2D eigenvalue weighted by Crippen LogP contribution is -2.16. The largest absolute Gasteiger partial charge is 0.283 e. The van der Waals surface area contributed by atoms with Crippen molar-refractivity contribution in [1.29, 1.82) is 0 Å². The topological polar surface area (TPSA) is 46.2 Å². The monoisotopic (exact) mass is 303 g/mol. The van der Waals surface area contributed by atoms with Gasteiger partial charge in [-0.3, -0.25) is 4.72 Å². The summed E-state index contributed by atoms with van der Waals surface area (Å²) in [7, 11) is -3.40. The van der Waals surface area contributed by atoms with E-state index in [1.165, 1.54) is 0 Å². The fourth-order valence-electron chi connectivity index (χ4n) is 2.24. The SMILES string of the molecule is CC[C@@H](C)c1ccccc1NS(=O)(=O)Cc1ccccc1. The number of para-hydroxylation sites is 1. The summed E-state index contributed by atoms with van der Waals surface area (Å²) >= 11 is 0. The Labute approximate surface area is 127 Å². The van der Waals surface area contributed by atoms with Crippen LogP contribution in [0.2, 0.25) is 0 Å². The van der Waals surface area contributed by atoms with Crippen molar-refractivity contribution in [2.24, 2.45) is 0 Å². The van der Waals surface area contributed by atoms with Crippen molar-refractivity contribution < 1.29 is 8.42 Å². The van der Waals surface area contributed by atoms with Crippen LogP contribution in [-0.4, -0.2) is 8.42 Å². The highest BCUT2D eigenvalue weighted by Crippen LogP contribution is 2.27. The number of benzene rings is 2. The van der Waals surface area contributed by atoms with Gasteiger partial charge in [0.1, 0.15) is 0 Å². The van der Waals surface area contributed by atoms with Gasteiger partial charge in [-0.25, -0.2) is 8.42 Å². The molecule has 4 heteroatoms. The Balaban J connectivity index is 2.21. The van der Waals surface area contributed by atoms with E-state index in [0.717, 1.165) is 17.5 Å². The molecular formula is C17H21NO2S. The first kappa shape index (κ1) is 15.6. The summed E-state index contributed by atoms with van der Waals surface area (Å²) in [6, 6.07) is 16.8. The van der Waals surface area contributed by atoms with E-state index in [1.807, 2.05) is 54.6 Å². The number of nitrogens with one attached hydrogen (secondary N) is 1. The molecule has 2 aromatic rings. The van der Waals surface area contributed by atoms with Gasteiger partial charge in [-0.05, 0) is 29.5 Å². The maximum atomic E-state index is 12.3. The molecule has 0 aliphatic rings. The van der Waals surface area contributed by atoms with Crippen LogP contribution in [0.3, 0.4) is 0 Å². The van der Waals surface area contributed by atoms with Gasteiger partial charge in [0.25, 0.3) is 0 Å². The van der Waals surface area contributed by atoms with Gasteiger partial charge in [0.15, 0.2) is 0 Å². The minimum Gasteiger partial charge on any atom is -0.283 e. The fourth-order valence-corrected chi connectivity index (χ4v) is 3.46. The molecule has 0 unspecified atom stereocenters. The van der Waals surface area contributed by atoms with Crippen molar-refractivity contribution in [3.8, 4) is 0 Å². The summed E-state index contributed by atoms with van der Waals surface area (Å²) in [5.74, 6) is 0.309. The molecule has 0 saturated heterocycles. The van der Waals surface area contributed by atoms with Crippen molar-refractivity contribution in [2.75, 3.05) is 4.72 Å². The molecule has 0 amide bonds. The van der Waals surface area contributed by atoms with Gasteiger partial charge in [0, 0.05) is 0 Å². The summed E-state index contributed by atoms with van der Waals surface area (Å²) in [6.45, 7) is 4.20. The summed E-state index contributed by atoms with van der Waals surface area (Å²) < 4.78 is 27.4. The minimum atomic E-state index is -3.40. The van der Waals surface area contributed by atoms with E-state index in [0.29, 0.717) is 11.6 Å². The zero-order valence-electron chi connectivity index (χ0n) is 12.4. The van der Waals surface area contributed by atoms with Gasteiger partial charge in [-0.2, -0.15) is 0 Å². The molecule has 0 aliphatic carbocycles. The second-order valence-electron chi connectivity index (χ2n) is 5.24. The van der Waals surface area contributed by atoms with Crippen molar-refractivity contribution in [1.82, 2.24) is 0 Å². The van der Waals surface area contributed by atoms with Crippen LogP contribution in [0.15, 0.2) is 54.6 Å². The Kier molecular flexibility index (Phi) is 5.02. The molecule has 0 aliphatic heterocycles. The van der Waals surface area contributed by atoms with Crippen LogP contribution in [0.1, 0.15) is 37.3 Å². The maximum absolute atomic E-state index is 12.3. The second-order valence-corrected chi connectivity index (χ2v) is 6.97. The highest BCUT2D eigenvalue weighted by molar-refractivity contribution is 7.91. The molecule has 3 nitrogen and oxygen atoms in total. The fraction of sp³-hybridized carbons (Fsp3) is 0.294. The van der Waals surface area contributed by atoms with Gasteiger partial charge >= 0.3 is 0 Å². The molecule has 0 aromatic heterocycles. The van der Waals surface area contributed by atoms with Gasteiger partial charge in [-0.1, -0.05) is 62.4 Å². The Hall–Kier alpha value is -1.81. The molecule has 112 valence electrons. The normalized spacial score (nSPS) is 12.9. The first-order valence-electron chi connectivity index (χ1n) is 7.15. The molecule has 0 fully saturated rings. The lowest BCUT2D eigenvalue weighted by Gasteiger charge is -2.16. The van der Waals surface area contributed by atoms with Crippen LogP contribution in [0.25, 0.3) is 0 Å². The highest BCUT2D eigenvalue weighted by Gasteiger charge is 2.15. The Bertz CT molecular complexity index is 681. The molecule has 0 saturated carbocycles. The Morgan fingerprint density at radius 1 is 1.00 bits per heavy atom. The molecule has 0 spiro atoms. The number of rotatable bonds is 6. The summed E-state index contributed by atoms with van der Waals surface area (Å²) in [4.78, 5) is 0. The molecule has 0 bridgehead atoms. The van der Waals surface area contributed by atoms with Crippen molar-refractivity contribution in [2.45, 2.75) is 31.9 Å². The first-order chi connectivity index (χ1) is 10.0. The molecule has 2 aromatic carbocycles.